The standard InChI is InChI=1S/C11H6F8O3S/c12-11(13,14)9-7(10(20)21)4-5-3-6(1-2-8(5)22-9)23(15,16,17,18)19/h1-4,9H,(H,20,21)/t9-/m1/s1. The van der Waals surface area contributed by atoms with Crippen molar-refractivity contribution in [3.8, 4) is 5.75 Å². The highest BCUT2D eigenvalue weighted by atomic mass is 32.5. The molecule has 0 bridgehead atoms. The van der Waals surface area contributed by atoms with Crippen molar-refractivity contribution < 1.29 is 47.2 Å². The first kappa shape index (κ1) is 17.4. The molecule has 0 unspecified atom stereocenters. The number of carbonyl (C=O) groups is 1. The Morgan fingerprint density at radius 2 is 1.70 bits per heavy atom. The predicted octanol–water partition coefficient (Wildman–Crippen LogP) is 5.14. The lowest BCUT2D eigenvalue weighted by atomic mass is 10.0. The summed E-state index contributed by atoms with van der Waals surface area (Å²) in [5.41, 5.74) is -2.25. The number of ether oxygens (including phenoxy) is 1. The molecule has 0 saturated heterocycles. The molecule has 0 radical (unpaired) electrons. The van der Waals surface area contributed by atoms with E-state index in [1.807, 2.05) is 0 Å². The van der Waals surface area contributed by atoms with Gasteiger partial charge in [0.25, 0.3) is 0 Å². The van der Waals surface area contributed by atoms with E-state index in [0.717, 1.165) is 0 Å². The highest BCUT2D eigenvalue weighted by Crippen LogP contribution is 3.02. The Morgan fingerprint density at radius 3 is 2.13 bits per heavy atom. The molecule has 130 valence electrons. The number of benzene rings is 1. The quantitative estimate of drug-likeness (QED) is 0.734. The maximum absolute atomic E-state index is 12.7. The molecule has 1 aromatic carbocycles. The third-order valence-electron chi connectivity index (χ3n) is 2.81. The summed E-state index contributed by atoms with van der Waals surface area (Å²) in [6.45, 7) is 0. The zero-order valence-corrected chi connectivity index (χ0v) is 11.4. The summed E-state index contributed by atoms with van der Waals surface area (Å²) in [6, 6.07) is 0.0241. The van der Waals surface area contributed by atoms with Crippen molar-refractivity contribution >= 4 is 22.3 Å². The van der Waals surface area contributed by atoms with Gasteiger partial charge >= 0.3 is 22.4 Å². The van der Waals surface area contributed by atoms with Crippen LogP contribution >= 0.6 is 10.2 Å². The van der Waals surface area contributed by atoms with Crippen molar-refractivity contribution in [1.29, 1.82) is 0 Å². The van der Waals surface area contributed by atoms with Gasteiger partial charge in [-0.15, -0.1) is 0 Å². The Balaban J connectivity index is 2.63. The fourth-order valence-electron chi connectivity index (χ4n) is 1.84. The van der Waals surface area contributed by atoms with E-state index in [1.165, 1.54) is 0 Å². The third-order valence-corrected chi connectivity index (χ3v) is 3.95. The molecule has 0 aliphatic carbocycles. The fraction of sp³-hybridized carbons (Fsp3) is 0.182. The molecule has 0 amide bonds. The van der Waals surface area contributed by atoms with Gasteiger partial charge in [-0.3, -0.25) is 0 Å². The van der Waals surface area contributed by atoms with E-state index < -0.39 is 50.3 Å². The summed E-state index contributed by atoms with van der Waals surface area (Å²) in [4.78, 5) is 8.46. The fourth-order valence-corrected chi connectivity index (χ4v) is 2.51. The summed E-state index contributed by atoms with van der Waals surface area (Å²) in [6.07, 6.45) is -7.84. The van der Waals surface area contributed by atoms with E-state index in [1.54, 1.807) is 0 Å². The first-order valence-corrected chi connectivity index (χ1v) is 7.50. The van der Waals surface area contributed by atoms with Gasteiger partial charge in [-0.1, -0.05) is 19.4 Å². The lowest BCUT2D eigenvalue weighted by Crippen LogP contribution is -2.40. The summed E-state index contributed by atoms with van der Waals surface area (Å²) >= 11 is 0. The van der Waals surface area contributed by atoms with Crippen LogP contribution in [0, 0.1) is 0 Å². The van der Waals surface area contributed by atoms with E-state index in [4.69, 9.17) is 5.11 Å². The average Bonchev–Trinajstić information content (AvgIpc) is 2.32. The van der Waals surface area contributed by atoms with Crippen molar-refractivity contribution in [3.63, 3.8) is 0 Å². The molecular formula is C11H6F8O3S. The Morgan fingerprint density at radius 1 is 1.13 bits per heavy atom. The van der Waals surface area contributed by atoms with E-state index in [0.29, 0.717) is 0 Å². The van der Waals surface area contributed by atoms with E-state index >= 15 is 0 Å². The summed E-state index contributed by atoms with van der Waals surface area (Å²) in [7, 11) is -10.1. The normalized spacial score (nSPS) is 21.4. The average molecular weight is 370 g/mol. The molecule has 23 heavy (non-hydrogen) atoms. The van der Waals surface area contributed by atoms with Gasteiger partial charge in [0.05, 0.1) is 5.57 Å². The molecule has 12 heteroatoms. The molecule has 0 saturated carbocycles. The van der Waals surface area contributed by atoms with Gasteiger partial charge in [0.1, 0.15) is 10.6 Å². The number of carboxylic acids is 1. The monoisotopic (exact) mass is 370 g/mol. The Hall–Kier alpha value is -1.98. The summed E-state index contributed by atoms with van der Waals surface area (Å²) in [5.74, 6) is -2.89. The Kier molecular flexibility index (Phi) is 3.10. The molecule has 1 heterocycles. The number of aliphatic carboxylic acids is 1. The number of alkyl halides is 3. The van der Waals surface area contributed by atoms with Gasteiger partial charge < -0.3 is 9.84 Å². The maximum Gasteiger partial charge on any atom is 0.430 e. The lowest BCUT2D eigenvalue weighted by molar-refractivity contribution is -0.187. The smallest absolute Gasteiger partial charge is 0.430 e. The zero-order chi connectivity index (χ0) is 17.9. The van der Waals surface area contributed by atoms with Crippen LogP contribution in [0.2, 0.25) is 0 Å². The van der Waals surface area contributed by atoms with Crippen LogP contribution in [0.4, 0.5) is 32.6 Å². The minimum Gasteiger partial charge on any atom is -0.478 e. The van der Waals surface area contributed by atoms with Crippen molar-refractivity contribution in [3.05, 3.63) is 29.3 Å². The largest absolute Gasteiger partial charge is 0.478 e. The van der Waals surface area contributed by atoms with E-state index in [2.05, 4.69) is 4.74 Å². The number of hydrogen-bond donors (Lipinski definition) is 1. The van der Waals surface area contributed by atoms with Gasteiger partial charge in [-0.05, 0) is 24.3 Å². The van der Waals surface area contributed by atoms with Crippen molar-refractivity contribution in [2.75, 3.05) is 0 Å². The molecule has 1 N–H and O–H groups in total. The molecule has 2 rings (SSSR count). The number of rotatable bonds is 2. The van der Waals surface area contributed by atoms with Crippen LogP contribution in [-0.2, 0) is 4.79 Å². The minimum atomic E-state index is -10.1. The second-order valence-corrected chi connectivity index (χ2v) is 7.02. The van der Waals surface area contributed by atoms with Crippen LogP contribution < -0.4 is 4.74 Å². The molecule has 1 aliphatic heterocycles. The highest BCUT2D eigenvalue weighted by molar-refractivity contribution is 8.45. The lowest BCUT2D eigenvalue weighted by Gasteiger charge is -2.41. The molecule has 0 fully saturated rings. The van der Waals surface area contributed by atoms with Gasteiger partial charge in [0.2, 0.25) is 6.10 Å². The first-order valence-electron chi connectivity index (χ1n) is 5.55. The van der Waals surface area contributed by atoms with E-state index in [-0.39, 0.29) is 24.3 Å². The van der Waals surface area contributed by atoms with Crippen LogP contribution in [0.1, 0.15) is 5.56 Å². The molecule has 1 aliphatic rings. The molecule has 1 aromatic rings. The highest BCUT2D eigenvalue weighted by Gasteiger charge is 2.65. The molecule has 3 nitrogen and oxygen atoms in total. The molecule has 0 spiro atoms. The van der Waals surface area contributed by atoms with Gasteiger partial charge in [0.15, 0.2) is 0 Å². The minimum absolute atomic E-state index is 0.118. The number of hydrogen-bond acceptors (Lipinski definition) is 2. The van der Waals surface area contributed by atoms with Gasteiger partial charge in [-0.2, -0.15) is 13.2 Å². The second kappa shape index (κ2) is 4.10. The molecule has 0 aromatic heterocycles. The molecule has 1 atom stereocenters. The molecular weight excluding hydrogens is 364 g/mol. The number of fused-ring (bicyclic) bond motifs is 1. The number of carboxylic acid groups (broad SMARTS) is 1. The van der Waals surface area contributed by atoms with Crippen molar-refractivity contribution in [2.24, 2.45) is 0 Å². The summed E-state index contributed by atoms with van der Waals surface area (Å²) < 4.78 is 106. The van der Waals surface area contributed by atoms with Crippen molar-refractivity contribution in [2.45, 2.75) is 17.2 Å². The topological polar surface area (TPSA) is 46.5 Å². The predicted molar refractivity (Wildman–Crippen MR) is 63.9 cm³/mol. The first-order chi connectivity index (χ1) is 9.99. The van der Waals surface area contributed by atoms with Gasteiger partial charge in [0, 0.05) is 5.56 Å². The van der Waals surface area contributed by atoms with Crippen LogP contribution in [0.15, 0.2) is 28.7 Å². The second-order valence-electron chi connectivity index (χ2n) is 4.61. The SMILES string of the molecule is O=C(O)C1=Cc2cc(S(F)(F)(F)(F)F)ccc2O[C@H]1C(F)(F)F. The van der Waals surface area contributed by atoms with Crippen LogP contribution in [0.5, 0.6) is 5.75 Å². The van der Waals surface area contributed by atoms with Crippen LogP contribution in [-0.4, -0.2) is 23.4 Å². The Bertz CT molecular complexity index is 719. The van der Waals surface area contributed by atoms with Crippen molar-refractivity contribution in [1.82, 2.24) is 0 Å². The van der Waals surface area contributed by atoms with Crippen LogP contribution in [0.3, 0.4) is 0 Å². The van der Waals surface area contributed by atoms with Gasteiger partial charge in [-0.25, -0.2) is 4.79 Å². The Labute approximate surface area is 122 Å². The third kappa shape index (κ3) is 3.51. The zero-order valence-electron chi connectivity index (χ0n) is 10.6. The maximum atomic E-state index is 12.7. The summed E-state index contributed by atoms with van der Waals surface area (Å²) in [5, 5.41) is 8.72. The van der Waals surface area contributed by atoms with Crippen LogP contribution in [0.25, 0.3) is 6.08 Å². The van der Waals surface area contributed by atoms with E-state index in [9.17, 15) is 37.4 Å². The number of halogens is 8.